The Kier molecular flexibility index (Phi) is 1.82. The van der Waals surface area contributed by atoms with Gasteiger partial charge in [0.2, 0.25) is 0 Å². The van der Waals surface area contributed by atoms with E-state index in [1.54, 1.807) is 25.7 Å². The van der Waals surface area contributed by atoms with Gasteiger partial charge >= 0.3 is 0 Å². The fourth-order valence-electron chi connectivity index (χ4n) is 18.5. The van der Waals surface area contributed by atoms with Crippen LogP contribution >= 0.6 is 0 Å². The van der Waals surface area contributed by atoms with Gasteiger partial charge in [0.1, 0.15) is 0 Å². The molecule has 0 bridgehead atoms. The van der Waals surface area contributed by atoms with Gasteiger partial charge in [0.05, 0.1) is 0 Å². The van der Waals surface area contributed by atoms with E-state index in [-0.39, 0.29) is 0 Å². The van der Waals surface area contributed by atoms with Gasteiger partial charge in [0, 0.05) is 0 Å². The maximum Gasteiger partial charge on any atom is -0.0129 e. The minimum atomic E-state index is 1.11. The summed E-state index contributed by atoms with van der Waals surface area (Å²) in [6, 6.07) is 0. The van der Waals surface area contributed by atoms with Crippen LogP contribution in [-0.2, 0) is 0 Å². The molecule has 0 N–H and O–H groups in total. The van der Waals surface area contributed by atoms with E-state index in [2.05, 4.69) is 6.08 Å². The smallest absolute Gasteiger partial charge is 0.0129 e. The van der Waals surface area contributed by atoms with Crippen molar-refractivity contribution in [3.63, 3.8) is 0 Å². The Morgan fingerprint density at radius 3 is 1.56 bits per heavy atom. The third kappa shape index (κ3) is 0.975. The first-order chi connectivity index (χ1) is 15.9. The monoisotopic (exact) mass is 420 g/mol. The van der Waals surface area contributed by atoms with Crippen molar-refractivity contribution in [2.24, 2.45) is 148 Å². The van der Waals surface area contributed by atoms with Crippen molar-refractivity contribution in [3.05, 3.63) is 11.6 Å². The lowest BCUT2D eigenvalue weighted by molar-refractivity contribution is -0.510. The Labute approximate surface area is 191 Å². The summed E-state index contributed by atoms with van der Waals surface area (Å²) in [6.07, 6.45) is 10.7. The van der Waals surface area contributed by atoms with Crippen LogP contribution < -0.4 is 0 Å². The van der Waals surface area contributed by atoms with Crippen LogP contribution in [0.5, 0.6) is 0 Å². The second kappa shape index (κ2) is 3.88. The lowest BCUT2D eigenvalue weighted by Gasteiger charge is -2.98. The lowest BCUT2D eigenvalue weighted by atomic mass is 9.06. The minimum absolute atomic E-state index is 1.11. The zero-order chi connectivity index (χ0) is 19.3. The molecule has 14 aliphatic rings. The van der Waals surface area contributed by atoms with Crippen molar-refractivity contribution in [2.75, 3.05) is 0 Å². The predicted octanol–water partition coefficient (Wildman–Crippen LogP) is 5.46. The summed E-state index contributed by atoms with van der Waals surface area (Å²) in [6.45, 7) is 0. The first kappa shape index (κ1) is 15.0. The molecule has 0 aromatic heterocycles. The Morgan fingerprint density at radius 2 is 0.969 bits per heavy atom. The topological polar surface area (TPSA) is 0 Å². The van der Waals surface area contributed by atoms with Gasteiger partial charge in [0.25, 0.3) is 0 Å². The van der Waals surface area contributed by atoms with Gasteiger partial charge in [-0.15, -0.1) is 0 Å². The van der Waals surface area contributed by atoms with Gasteiger partial charge in [-0.05, 0) is 180 Å². The van der Waals surface area contributed by atoms with E-state index in [0.717, 1.165) is 11.8 Å². The van der Waals surface area contributed by atoms with Gasteiger partial charge in [-0.1, -0.05) is 11.6 Å². The zero-order valence-electron chi connectivity index (χ0n) is 19.0. The van der Waals surface area contributed by atoms with Crippen molar-refractivity contribution >= 4 is 0 Å². The number of hydrogen-bond acceptors (Lipinski definition) is 0. The van der Waals surface area contributed by atoms with Crippen LogP contribution in [0.1, 0.15) is 32.1 Å². The molecule has 0 aromatic carbocycles. The molecule has 0 heteroatoms. The molecule has 14 aliphatic carbocycles. The molecule has 0 amide bonds. The highest BCUT2D eigenvalue weighted by molar-refractivity contribution is 5.45. The van der Waals surface area contributed by atoms with Crippen LogP contribution in [0.15, 0.2) is 11.6 Å². The van der Waals surface area contributed by atoms with Crippen molar-refractivity contribution in [2.45, 2.75) is 32.1 Å². The highest BCUT2D eigenvalue weighted by Crippen LogP contribution is 2.98. The Hall–Kier alpha value is -0.260. The molecule has 25 atom stereocenters. The maximum absolute atomic E-state index is 2.71. The van der Waals surface area contributed by atoms with E-state index in [0.29, 0.717) is 0 Å². The molecule has 14 rings (SSSR count). The summed E-state index contributed by atoms with van der Waals surface area (Å²) < 4.78 is 0. The van der Waals surface area contributed by atoms with Crippen LogP contribution in [0.4, 0.5) is 0 Å². The van der Waals surface area contributed by atoms with Crippen molar-refractivity contribution in [1.29, 1.82) is 0 Å². The largest absolute Gasteiger partial charge is 0.0847 e. The molecule has 32 heavy (non-hydrogen) atoms. The van der Waals surface area contributed by atoms with E-state index in [1.807, 2.05) is 5.57 Å². The van der Waals surface area contributed by atoms with Crippen LogP contribution in [0, 0.1) is 148 Å². The first-order valence-corrected chi connectivity index (χ1v) is 15.6. The van der Waals surface area contributed by atoms with E-state index >= 15 is 0 Å². The van der Waals surface area contributed by atoms with E-state index < -0.39 is 0 Å². The molecule has 0 spiro atoms. The molecule has 0 radical (unpaired) electrons. The number of hydrogen-bond donors (Lipinski definition) is 0. The molecule has 0 aromatic rings. The van der Waals surface area contributed by atoms with Gasteiger partial charge < -0.3 is 0 Å². The molecule has 164 valence electrons. The second-order valence-electron chi connectivity index (χ2n) is 16.9. The Morgan fingerprint density at radius 1 is 0.438 bits per heavy atom. The van der Waals surface area contributed by atoms with E-state index in [9.17, 15) is 0 Å². The molecule has 0 aliphatic heterocycles. The van der Waals surface area contributed by atoms with E-state index in [4.69, 9.17) is 0 Å². The molecule has 0 heterocycles. The summed E-state index contributed by atoms with van der Waals surface area (Å²) >= 11 is 0. The molecule has 13 saturated carbocycles. The van der Waals surface area contributed by atoms with Gasteiger partial charge in [-0.3, -0.25) is 0 Å². The maximum atomic E-state index is 2.71. The molecular weight excluding hydrogens is 384 g/mol. The zero-order valence-corrected chi connectivity index (χ0v) is 19.0. The Balaban J connectivity index is 0.777. The highest BCUT2D eigenvalue weighted by Gasteiger charge is 2.94. The van der Waals surface area contributed by atoms with Crippen LogP contribution in [0.2, 0.25) is 0 Å². The summed E-state index contributed by atoms with van der Waals surface area (Å²) in [5.41, 5.74) is 2.00. The van der Waals surface area contributed by atoms with Gasteiger partial charge in [-0.25, -0.2) is 0 Å². The van der Waals surface area contributed by atoms with Crippen LogP contribution in [-0.4, -0.2) is 0 Å². The average Bonchev–Trinajstić information content (AvgIpc) is 3.21. The standard InChI is InChI=1S/C32H36/c1-2-9-10(3-1)14-13(9)17-18(14)22-21(17)25-26(22)30-29(25)31-27-23-19-15-11-6-7-4-5-8(7)12(11)16(15)20(19)24(23)28(27)32(30)31/h2,7-8,10-32H,1,3-6H2. The Bertz CT molecular complexity index is 1130. The average molecular weight is 421 g/mol. The minimum Gasteiger partial charge on any atom is -0.0847 e. The molecule has 0 nitrogen and oxygen atoms in total. The first-order valence-electron chi connectivity index (χ1n) is 15.6. The number of fused-ring (bicyclic) bond motifs is 36. The fraction of sp³-hybridized carbons (Fsp3) is 0.938. The van der Waals surface area contributed by atoms with E-state index in [1.165, 1.54) is 143 Å². The van der Waals surface area contributed by atoms with Crippen molar-refractivity contribution in [1.82, 2.24) is 0 Å². The summed E-state index contributed by atoms with van der Waals surface area (Å²) in [4.78, 5) is 0. The van der Waals surface area contributed by atoms with Crippen LogP contribution in [0.3, 0.4) is 0 Å². The molecule has 25 unspecified atom stereocenters. The molecular formula is C32H36. The van der Waals surface area contributed by atoms with Gasteiger partial charge in [0.15, 0.2) is 0 Å². The molecule has 0 saturated heterocycles. The number of rotatable bonds is 0. The van der Waals surface area contributed by atoms with Crippen molar-refractivity contribution in [3.8, 4) is 0 Å². The highest BCUT2D eigenvalue weighted by atomic mass is 15.0. The third-order valence-electron chi connectivity index (χ3n) is 18.5. The summed E-state index contributed by atoms with van der Waals surface area (Å²) in [5.74, 6) is 31.8. The SMILES string of the molecule is C1=C2C(CC1)C1C2C2C1C1C2C2C1C1C2C2C3C4C5C6C7CC8CCC8C7C6C5C4C3C12. The lowest BCUT2D eigenvalue weighted by Crippen LogP contribution is -2.95. The normalized spacial score (nSPS) is 89.8. The second-order valence-corrected chi connectivity index (χ2v) is 16.9. The van der Waals surface area contributed by atoms with Crippen molar-refractivity contribution < 1.29 is 0 Å². The predicted molar refractivity (Wildman–Crippen MR) is 118 cm³/mol. The molecule has 13 fully saturated rings. The quantitative estimate of drug-likeness (QED) is 0.361. The van der Waals surface area contributed by atoms with Gasteiger partial charge in [-0.2, -0.15) is 0 Å². The fourth-order valence-corrected chi connectivity index (χ4v) is 18.5. The number of allylic oxidation sites excluding steroid dienone is 2. The third-order valence-corrected chi connectivity index (χ3v) is 18.5. The summed E-state index contributed by atoms with van der Waals surface area (Å²) in [5, 5.41) is 0. The van der Waals surface area contributed by atoms with Crippen LogP contribution in [0.25, 0.3) is 0 Å². The summed E-state index contributed by atoms with van der Waals surface area (Å²) in [7, 11) is 0.